The van der Waals surface area contributed by atoms with Gasteiger partial charge in [0.05, 0.1) is 11.8 Å². The van der Waals surface area contributed by atoms with Crippen molar-refractivity contribution < 1.29 is 31.1 Å². The molecule has 0 aliphatic carbocycles. The predicted molar refractivity (Wildman–Crippen MR) is 83.7 cm³/mol. The summed E-state index contributed by atoms with van der Waals surface area (Å²) in [5, 5.41) is 2.48. The second-order valence-corrected chi connectivity index (χ2v) is 7.66. The van der Waals surface area contributed by atoms with Crippen molar-refractivity contribution >= 4 is 21.4 Å². The third-order valence-corrected chi connectivity index (χ3v) is 3.95. The van der Waals surface area contributed by atoms with Crippen LogP contribution >= 0.6 is 0 Å². The highest BCUT2D eigenvalue weighted by Crippen LogP contribution is 2.24. The lowest BCUT2D eigenvalue weighted by Gasteiger charge is -2.14. The van der Waals surface area contributed by atoms with Gasteiger partial charge >= 0.3 is 6.18 Å². The van der Waals surface area contributed by atoms with Crippen LogP contribution in [0.25, 0.3) is 0 Å². The maximum atomic E-state index is 12.1. The summed E-state index contributed by atoms with van der Waals surface area (Å²) >= 11 is 0. The number of hydrogen-bond donors (Lipinski definition) is 2. The number of hydrogen-bond acceptors (Lipinski definition) is 5. The van der Waals surface area contributed by atoms with Crippen LogP contribution in [0.3, 0.4) is 0 Å². The number of nitrogens with two attached hydrogens (primary N) is 1. The number of aryl methyl sites for hydroxylation is 1. The first-order valence-corrected chi connectivity index (χ1v) is 8.98. The van der Waals surface area contributed by atoms with Gasteiger partial charge in [0.25, 0.3) is 0 Å². The molecule has 136 valence electrons. The minimum absolute atomic E-state index is 0.0313. The molecule has 1 aromatic carbocycles. The molecule has 0 saturated carbocycles. The Morgan fingerprint density at radius 1 is 1.38 bits per heavy atom. The number of carbonyl (C=O) groups is 1. The van der Waals surface area contributed by atoms with E-state index in [1.165, 1.54) is 25.1 Å². The van der Waals surface area contributed by atoms with Crippen molar-refractivity contribution in [2.45, 2.75) is 25.6 Å². The molecule has 0 aliphatic rings. The van der Waals surface area contributed by atoms with E-state index in [-0.39, 0.29) is 17.9 Å². The number of benzene rings is 1. The minimum atomic E-state index is -4.44. The molecule has 0 aliphatic heterocycles. The molecule has 1 rings (SSSR count). The van der Waals surface area contributed by atoms with E-state index in [0.717, 1.165) is 6.26 Å². The van der Waals surface area contributed by atoms with Gasteiger partial charge < -0.3 is 15.8 Å². The second kappa shape index (κ2) is 7.84. The summed E-state index contributed by atoms with van der Waals surface area (Å²) in [6, 6.07) is 3.10. The van der Waals surface area contributed by atoms with Crippen molar-refractivity contribution in [2.75, 3.05) is 23.9 Å². The molecule has 3 N–H and O–H groups in total. The molecule has 0 saturated heterocycles. The van der Waals surface area contributed by atoms with Crippen LogP contribution in [0.4, 0.5) is 18.9 Å². The van der Waals surface area contributed by atoms with E-state index in [1.807, 2.05) is 0 Å². The van der Waals surface area contributed by atoms with Crippen molar-refractivity contribution in [3.05, 3.63) is 23.8 Å². The highest BCUT2D eigenvalue weighted by Gasteiger charge is 2.28. The van der Waals surface area contributed by atoms with E-state index in [9.17, 15) is 26.4 Å². The molecule has 1 aromatic rings. The molecular weight excluding hydrogens is 349 g/mol. The lowest BCUT2D eigenvalue weighted by molar-refractivity contribution is -0.153. The van der Waals surface area contributed by atoms with Crippen LogP contribution in [-0.2, 0) is 14.6 Å². The van der Waals surface area contributed by atoms with E-state index < -0.39 is 34.6 Å². The first-order chi connectivity index (χ1) is 10.9. The molecule has 0 aromatic heterocycles. The third kappa shape index (κ3) is 7.64. The zero-order chi connectivity index (χ0) is 18.5. The standard InChI is InChI=1S/C14H19F3N2O4S/c1-9-7-10(3-4-12(9)23-8-14(15,16)17)19-13(20)11(18)5-6-24(2,21)22/h3-4,7,11H,5-6,8,18H2,1-2H3,(H,19,20). The van der Waals surface area contributed by atoms with Crippen LogP contribution in [-0.4, -0.2) is 45.2 Å². The number of halogens is 3. The van der Waals surface area contributed by atoms with Crippen LogP contribution in [0.5, 0.6) is 5.75 Å². The smallest absolute Gasteiger partial charge is 0.422 e. The summed E-state index contributed by atoms with van der Waals surface area (Å²) in [4.78, 5) is 11.9. The molecule has 10 heteroatoms. The number of carbonyl (C=O) groups excluding carboxylic acids is 1. The summed E-state index contributed by atoms with van der Waals surface area (Å²) in [5.41, 5.74) is 6.34. The van der Waals surface area contributed by atoms with Crippen molar-refractivity contribution in [1.82, 2.24) is 0 Å². The molecule has 1 atom stereocenters. The molecule has 24 heavy (non-hydrogen) atoms. The van der Waals surface area contributed by atoms with Gasteiger partial charge in [0, 0.05) is 11.9 Å². The van der Waals surface area contributed by atoms with Crippen LogP contribution in [0.15, 0.2) is 18.2 Å². The van der Waals surface area contributed by atoms with Gasteiger partial charge in [-0.25, -0.2) is 8.42 Å². The molecule has 6 nitrogen and oxygen atoms in total. The summed E-state index contributed by atoms with van der Waals surface area (Å²) < 4.78 is 63.1. The van der Waals surface area contributed by atoms with E-state index >= 15 is 0 Å². The van der Waals surface area contributed by atoms with Crippen LogP contribution in [0, 0.1) is 6.92 Å². The Hall–Kier alpha value is -1.81. The van der Waals surface area contributed by atoms with E-state index in [0.29, 0.717) is 11.3 Å². The maximum Gasteiger partial charge on any atom is 0.422 e. The Morgan fingerprint density at radius 2 is 2.00 bits per heavy atom. The van der Waals surface area contributed by atoms with E-state index in [4.69, 9.17) is 5.73 Å². The fourth-order valence-electron chi connectivity index (χ4n) is 1.76. The number of alkyl halides is 3. The largest absolute Gasteiger partial charge is 0.484 e. The van der Waals surface area contributed by atoms with Gasteiger partial charge in [-0.1, -0.05) is 0 Å². The summed E-state index contributed by atoms with van der Waals surface area (Å²) in [7, 11) is -3.22. The number of anilines is 1. The Labute approximate surface area is 138 Å². The number of ether oxygens (including phenoxy) is 1. The highest BCUT2D eigenvalue weighted by molar-refractivity contribution is 7.90. The molecular formula is C14H19F3N2O4S. The number of sulfone groups is 1. The van der Waals surface area contributed by atoms with Gasteiger partial charge in [-0.2, -0.15) is 13.2 Å². The van der Waals surface area contributed by atoms with Gasteiger partial charge in [-0.15, -0.1) is 0 Å². The first-order valence-electron chi connectivity index (χ1n) is 6.92. The number of nitrogens with one attached hydrogen (secondary N) is 1. The van der Waals surface area contributed by atoms with Crippen molar-refractivity contribution in [3.63, 3.8) is 0 Å². The summed E-state index contributed by atoms with van der Waals surface area (Å²) in [6.07, 6.45) is -3.43. The average molecular weight is 368 g/mol. The Balaban J connectivity index is 2.65. The van der Waals surface area contributed by atoms with Gasteiger partial charge in [0.15, 0.2) is 6.61 Å². The van der Waals surface area contributed by atoms with Crippen molar-refractivity contribution in [1.29, 1.82) is 0 Å². The topological polar surface area (TPSA) is 98.5 Å². The normalized spacial score (nSPS) is 13.4. The Bertz CT molecular complexity index is 690. The molecule has 0 bridgehead atoms. The Kier molecular flexibility index (Phi) is 6.61. The number of rotatable bonds is 7. The SMILES string of the molecule is Cc1cc(NC(=O)C(N)CCS(C)(=O)=O)ccc1OCC(F)(F)F. The van der Waals surface area contributed by atoms with Crippen molar-refractivity contribution in [3.8, 4) is 5.75 Å². The number of amides is 1. The minimum Gasteiger partial charge on any atom is -0.484 e. The molecule has 1 unspecified atom stereocenters. The summed E-state index contributed by atoms with van der Waals surface area (Å²) in [6.45, 7) is 0.126. The zero-order valence-corrected chi connectivity index (χ0v) is 14.0. The van der Waals surface area contributed by atoms with Gasteiger partial charge in [-0.05, 0) is 37.1 Å². The quantitative estimate of drug-likeness (QED) is 0.762. The molecule has 0 fully saturated rings. The van der Waals surface area contributed by atoms with E-state index in [2.05, 4.69) is 10.1 Å². The molecule has 0 radical (unpaired) electrons. The van der Waals surface area contributed by atoms with Gasteiger partial charge in [0.1, 0.15) is 15.6 Å². The fraction of sp³-hybridized carbons (Fsp3) is 0.500. The lowest BCUT2D eigenvalue weighted by Crippen LogP contribution is -2.37. The first kappa shape index (κ1) is 20.2. The van der Waals surface area contributed by atoms with Gasteiger partial charge in [-0.3, -0.25) is 4.79 Å². The molecule has 1 amide bonds. The molecule has 0 spiro atoms. The summed E-state index contributed by atoms with van der Waals surface area (Å²) in [5.74, 6) is -0.751. The predicted octanol–water partition coefficient (Wildman–Crippen LogP) is 1.64. The average Bonchev–Trinajstić information content (AvgIpc) is 2.42. The second-order valence-electron chi connectivity index (χ2n) is 5.40. The van der Waals surface area contributed by atoms with Crippen molar-refractivity contribution in [2.24, 2.45) is 5.73 Å². The van der Waals surface area contributed by atoms with Crippen LogP contribution in [0.2, 0.25) is 0 Å². The fourth-order valence-corrected chi connectivity index (χ4v) is 2.44. The third-order valence-electron chi connectivity index (χ3n) is 2.97. The maximum absolute atomic E-state index is 12.1. The lowest BCUT2D eigenvalue weighted by atomic mass is 10.1. The highest BCUT2D eigenvalue weighted by atomic mass is 32.2. The zero-order valence-electron chi connectivity index (χ0n) is 13.2. The molecule has 0 heterocycles. The van der Waals surface area contributed by atoms with E-state index in [1.54, 1.807) is 0 Å². The van der Waals surface area contributed by atoms with Crippen LogP contribution in [0.1, 0.15) is 12.0 Å². The van der Waals surface area contributed by atoms with Crippen LogP contribution < -0.4 is 15.8 Å². The monoisotopic (exact) mass is 368 g/mol. The van der Waals surface area contributed by atoms with Gasteiger partial charge in [0.2, 0.25) is 5.91 Å². The Morgan fingerprint density at radius 3 is 2.50 bits per heavy atom.